The number of nitrogens with two attached hydrogens (primary N) is 1. The topological polar surface area (TPSA) is 67.6 Å². The summed E-state index contributed by atoms with van der Waals surface area (Å²) in [5.74, 6) is 0. The van der Waals surface area contributed by atoms with E-state index >= 15 is 0 Å². The molecule has 2 heterocycles. The van der Waals surface area contributed by atoms with Gasteiger partial charge in [0.05, 0.1) is 11.7 Å². The molecule has 3 N–H and O–H groups in total. The predicted octanol–water partition coefficient (Wildman–Crippen LogP) is 2.52. The summed E-state index contributed by atoms with van der Waals surface area (Å²) < 4.78 is 0. The van der Waals surface area contributed by atoms with Gasteiger partial charge < -0.3 is 5.73 Å². The Morgan fingerprint density at radius 3 is 2.89 bits per heavy atom. The number of hydrogen-bond acceptors (Lipinski definition) is 3. The maximum atomic E-state index is 5.54. The van der Waals surface area contributed by atoms with Crippen molar-refractivity contribution in [1.82, 2.24) is 15.2 Å². The van der Waals surface area contributed by atoms with Crippen LogP contribution in [-0.2, 0) is 6.42 Å². The van der Waals surface area contributed by atoms with E-state index < -0.39 is 0 Å². The number of rotatable bonds is 4. The molecule has 0 aliphatic rings. The van der Waals surface area contributed by atoms with Crippen LogP contribution in [0.15, 0.2) is 42.7 Å². The van der Waals surface area contributed by atoms with E-state index in [4.69, 9.17) is 5.73 Å². The van der Waals surface area contributed by atoms with E-state index in [2.05, 4.69) is 39.4 Å². The Morgan fingerprint density at radius 1 is 1.11 bits per heavy atom. The molecule has 0 aliphatic carbocycles. The summed E-state index contributed by atoms with van der Waals surface area (Å²) in [6.07, 6.45) is 5.60. The largest absolute Gasteiger partial charge is 0.330 e. The Bertz CT molecular complexity index is 687. The molecule has 0 saturated carbocycles. The fraction of sp³-hybridized carbons (Fsp3) is 0.200. The van der Waals surface area contributed by atoms with E-state index in [1.54, 1.807) is 0 Å². The Hall–Kier alpha value is -2.20. The molecule has 0 aliphatic heterocycles. The van der Waals surface area contributed by atoms with E-state index in [0.717, 1.165) is 29.4 Å². The molecule has 3 rings (SSSR count). The van der Waals surface area contributed by atoms with E-state index in [9.17, 15) is 0 Å². The summed E-state index contributed by atoms with van der Waals surface area (Å²) in [6.45, 7) is 0.701. The first-order valence-corrected chi connectivity index (χ1v) is 6.45. The predicted molar refractivity (Wildman–Crippen MR) is 76.7 cm³/mol. The van der Waals surface area contributed by atoms with Gasteiger partial charge in [0, 0.05) is 17.3 Å². The molecule has 19 heavy (non-hydrogen) atoms. The highest BCUT2D eigenvalue weighted by atomic mass is 15.1. The lowest BCUT2D eigenvalue weighted by Crippen LogP contribution is -2.01. The first-order chi connectivity index (χ1) is 9.36. The zero-order valence-corrected chi connectivity index (χ0v) is 10.6. The molecule has 0 unspecified atom stereocenters. The highest BCUT2D eigenvalue weighted by molar-refractivity contribution is 5.83. The molecule has 0 radical (unpaired) electrons. The van der Waals surface area contributed by atoms with Gasteiger partial charge in [-0.05, 0) is 54.8 Å². The molecule has 0 saturated heterocycles. The minimum absolute atomic E-state index is 0.701. The lowest BCUT2D eigenvalue weighted by atomic mass is 10.0. The van der Waals surface area contributed by atoms with Crippen LogP contribution in [0, 0.1) is 0 Å². The van der Waals surface area contributed by atoms with Crippen LogP contribution in [0.2, 0.25) is 0 Å². The number of nitrogens with one attached hydrogen (secondary N) is 1. The van der Waals surface area contributed by atoms with Crippen molar-refractivity contribution >= 4 is 10.9 Å². The van der Waals surface area contributed by atoms with Crippen molar-refractivity contribution in [2.24, 2.45) is 5.73 Å². The molecule has 0 bridgehead atoms. The Labute approximate surface area is 111 Å². The summed E-state index contributed by atoms with van der Waals surface area (Å²) in [5.41, 5.74) is 10.1. The van der Waals surface area contributed by atoms with Crippen molar-refractivity contribution in [1.29, 1.82) is 0 Å². The van der Waals surface area contributed by atoms with Crippen LogP contribution < -0.4 is 5.73 Å². The molecule has 3 aromatic rings. The minimum Gasteiger partial charge on any atom is -0.330 e. The highest BCUT2D eigenvalue weighted by Gasteiger charge is 2.03. The monoisotopic (exact) mass is 252 g/mol. The highest BCUT2D eigenvalue weighted by Crippen LogP contribution is 2.23. The third-order valence-corrected chi connectivity index (χ3v) is 3.23. The van der Waals surface area contributed by atoms with Gasteiger partial charge >= 0.3 is 0 Å². The number of pyridine rings is 1. The van der Waals surface area contributed by atoms with Crippen LogP contribution in [-0.4, -0.2) is 21.7 Å². The van der Waals surface area contributed by atoms with Crippen LogP contribution in [0.4, 0.5) is 0 Å². The number of aryl methyl sites for hydroxylation is 1. The lowest BCUT2D eigenvalue weighted by Gasteiger charge is -2.04. The number of fused-ring (bicyclic) bond motifs is 1. The van der Waals surface area contributed by atoms with Crippen LogP contribution in [0.25, 0.3) is 22.0 Å². The Kier molecular flexibility index (Phi) is 3.25. The molecular formula is C15H16N4. The molecule has 0 fully saturated rings. The number of nitrogens with zero attached hydrogens (tertiary/aromatic N) is 2. The van der Waals surface area contributed by atoms with Gasteiger partial charge in [-0.3, -0.25) is 10.1 Å². The Morgan fingerprint density at radius 2 is 2.00 bits per heavy atom. The molecule has 0 spiro atoms. The number of aromatic nitrogens is 3. The van der Waals surface area contributed by atoms with Gasteiger partial charge in [-0.1, -0.05) is 6.07 Å². The van der Waals surface area contributed by atoms with E-state index in [0.29, 0.717) is 6.54 Å². The van der Waals surface area contributed by atoms with Crippen molar-refractivity contribution in [3.8, 4) is 11.1 Å². The van der Waals surface area contributed by atoms with Crippen LogP contribution >= 0.6 is 0 Å². The van der Waals surface area contributed by atoms with Crippen molar-refractivity contribution in [3.63, 3.8) is 0 Å². The van der Waals surface area contributed by atoms with E-state index in [1.807, 2.05) is 18.5 Å². The number of benzene rings is 1. The fourth-order valence-electron chi connectivity index (χ4n) is 2.20. The van der Waals surface area contributed by atoms with Crippen molar-refractivity contribution < 1.29 is 0 Å². The molecule has 2 aromatic heterocycles. The third-order valence-electron chi connectivity index (χ3n) is 3.23. The maximum Gasteiger partial charge on any atom is 0.0650 e. The molecule has 4 nitrogen and oxygen atoms in total. The maximum absolute atomic E-state index is 5.54. The Balaban J connectivity index is 1.95. The fourth-order valence-corrected chi connectivity index (χ4v) is 2.20. The average Bonchev–Trinajstić information content (AvgIpc) is 2.92. The first kappa shape index (κ1) is 11.9. The molecule has 96 valence electrons. The van der Waals surface area contributed by atoms with Crippen LogP contribution in [0.5, 0.6) is 0 Å². The molecule has 0 amide bonds. The van der Waals surface area contributed by atoms with Gasteiger partial charge in [0.15, 0.2) is 0 Å². The number of hydrogen-bond donors (Lipinski definition) is 2. The second-order valence-electron chi connectivity index (χ2n) is 4.60. The van der Waals surface area contributed by atoms with Gasteiger partial charge in [0.2, 0.25) is 0 Å². The molecular weight excluding hydrogens is 236 g/mol. The molecule has 1 aromatic carbocycles. The second kappa shape index (κ2) is 5.20. The second-order valence-corrected chi connectivity index (χ2v) is 4.60. The number of H-pyrrole nitrogens is 1. The summed E-state index contributed by atoms with van der Waals surface area (Å²) in [5, 5.41) is 8.13. The van der Waals surface area contributed by atoms with Crippen molar-refractivity contribution in [2.45, 2.75) is 12.8 Å². The summed E-state index contributed by atoms with van der Waals surface area (Å²) in [6, 6.07) is 10.5. The third kappa shape index (κ3) is 2.48. The molecule has 0 atom stereocenters. The SMILES string of the molecule is NCCCc1cc(-c2ccc3[nH]ncc3c2)ccn1. The van der Waals surface area contributed by atoms with Gasteiger partial charge in [0.25, 0.3) is 0 Å². The summed E-state index contributed by atoms with van der Waals surface area (Å²) in [4.78, 5) is 4.38. The van der Waals surface area contributed by atoms with Gasteiger partial charge in [0.1, 0.15) is 0 Å². The standard InChI is InChI=1S/C15H16N4/c16-6-1-2-14-9-12(5-7-17-14)11-3-4-15-13(8-11)10-18-19-15/h3-5,7-10H,1-2,6,16H2,(H,18,19). The van der Waals surface area contributed by atoms with Crippen LogP contribution in [0.1, 0.15) is 12.1 Å². The van der Waals surface area contributed by atoms with E-state index in [-0.39, 0.29) is 0 Å². The molecule has 4 heteroatoms. The quantitative estimate of drug-likeness (QED) is 0.749. The van der Waals surface area contributed by atoms with Crippen molar-refractivity contribution in [3.05, 3.63) is 48.4 Å². The minimum atomic E-state index is 0.701. The smallest absolute Gasteiger partial charge is 0.0650 e. The zero-order valence-electron chi connectivity index (χ0n) is 10.6. The van der Waals surface area contributed by atoms with E-state index in [1.165, 1.54) is 11.1 Å². The van der Waals surface area contributed by atoms with Gasteiger partial charge in [-0.2, -0.15) is 5.10 Å². The van der Waals surface area contributed by atoms with Gasteiger partial charge in [-0.25, -0.2) is 0 Å². The zero-order chi connectivity index (χ0) is 13.1. The normalized spacial score (nSPS) is 11.0. The van der Waals surface area contributed by atoms with Crippen molar-refractivity contribution in [2.75, 3.05) is 6.54 Å². The number of aromatic amines is 1. The summed E-state index contributed by atoms with van der Waals surface area (Å²) >= 11 is 0. The lowest BCUT2D eigenvalue weighted by molar-refractivity contribution is 0.811. The van der Waals surface area contributed by atoms with Gasteiger partial charge in [-0.15, -0.1) is 0 Å². The average molecular weight is 252 g/mol. The first-order valence-electron chi connectivity index (χ1n) is 6.45. The van der Waals surface area contributed by atoms with Crippen LogP contribution in [0.3, 0.4) is 0 Å². The summed E-state index contributed by atoms with van der Waals surface area (Å²) in [7, 11) is 0.